The molecule has 6 heteroatoms. The van der Waals surface area contributed by atoms with Gasteiger partial charge in [0.15, 0.2) is 4.80 Å². The number of amides is 1. The molecule has 1 heterocycles. The second-order valence-electron chi connectivity index (χ2n) is 5.14. The number of fused-ring (bicyclic) bond motifs is 1. The minimum Gasteiger partial charge on any atom is -0.492 e. The van der Waals surface area contributed by atoms with Gasteiger partial charge in [0.2, 0.25) is 0 Å². The number of ether oxygens (including phenoxy) is 1. The molecule has 2 aromatic carbocycles. The number of carbonyl (C=O) groups excluding carboxylic acids is 1. The van der Waals surface area contributed by atoms with Crippen molar-refractivity contribution >= 4 is 39.1 Å². The molecule has 3 aromatic rings. The SMILES string of the molecule is C#CCn1c(=NC(=O)c2cccc(Cl)c2)sc2cccc(OCC)c21. The molecule has 0 spiro atoms. The van der Waals surface area contributed by atoms with Gasteiger partial charge < -0.3 is 9.30 Å². The molecule has 0 atom stereocenters. The third-order valence-corrected chi connectivity index (χ3v) is 4.76. The van der Waals surface area contributed by atoms with Gasteiger partial charge >= 0.3 is 0 Å². The Balaban J connectivity index is 2.18. The van der Waals surface area contributed by atoms with Crippen LogP contribution in [0, 0.1) is 12.3 Å². The number of para-hydroxylation sites is 1. The van der Waals surface area contributed by atoms with Crippen molar-refractivity contribution in [3.05, 3.63) is 57.9 Å². The number of rotatable bonds is 4. The smallest absolute Gasteiger partial charge is 0.279 e. The van der Waals surface area contributed by atoms with Gasteiger partial charge in [-0.2, -0.15) is 4.99 Å². The van der Waals surface area contributed by atoms with Crippen LogP contribution in [0.1, 0.15) is 17.3 Å². The summed E-state index contributed by atoms with van der Waals surface area (Å²) in [6.07, 6.45) is 5.51. The molecule has 126 valence electrons. The van der Waals surface area contributed by atoms with E-state index >= 15 is 0 Å². The predicted molar refractivity (Wildman–Crippen MR) is 101 cm³/mol. The first-order chi connectivity index (χ1) is 12.1. The molecule has 0 fully saturated rings. The average Bonchev–Trinajstić information content (AvgIpc) is 2.94. The number of nitrogens with zero attached hydrogens (tertiary/aromatic N) is 2. The number of benzene rings is 2. The van der Waals surface area contributed by atoms with E-state index in [1.807, 2.05) is 29.7 Å². The number of hydrogen-bond donors (Lipinski definition) is 0. The third-order valence-electron chi connectivity index (χ3n) is 3.48. The zero-order valence-electron chi connectivity index (χ0n) is 13.5. The van der Waals surface area contributed by atoms with Gasteiger partial charge in [-0.15, -0.1) is 6.42 Å². The van der Waals surface area contributed by atoms with Crippen molar-refractivity contribution in [3.63, 3.8) is 0 Å². The van der Waals surface area contributed by atoms with Crippen molar-refractivity contribution in [3.8, 4) is 18.1 Å². The monoisotopic (exact) mass is 370 g/mol. The molecule has 4 nitrogen and oxygen atoms in total. The molecule has 0 saturated heterocycles. The summed E-state index contributed by atoms with van der Waals surface area (Å²) in [5.41, 5.74) is 1.28. The Morgan fingerprint density at radius 3 is 2.88 bits per heavy atom. The predicted octanol–water partition coefficient (Wildman–Crippen LogP) is 4.13. The van der Waals surface area contributed by atoms with Crippen LogP contribution in [0.15, 0.2) is 47.5 Å². The first-order valence-electron chi connectivity index (χ1n) is 7.67. The van der Waals surface area contributed by atoms with Crippen molar-refractivity contribution in [1.82, 2.24) is 4.57 Å². The quantitative estimate of drug-likeness (QED) is 0.648. The van der Waals surface area contributed by atoms with Crippen molar-refractivity contribution in [1.29, 1.82) is 0 Å². The Morgan fingerprint density at radius 1 is 1.36 bits per heavy atom. The van der Waals surface area contributed by atoms with Gasteiger partial charge in [-0.1, -0.05) is 41.0 Å². The molecule has 1 aromatic heterocycles. The summed E-state index contributed by atoms with van der Waals surface area (Å²) in [6.45, 7) is 2.76. The fourth-order valence-corrected chi connectivity index (χ4v) is 3.70. The number of halogens is 1. The summed E-state index contributed by atoms with van der Waals surface area (Å²) in [4.78, 5) is 17.3. The highest BCUT2D eigenvalue weighted by atomic mass is 35.5. The minimum atomic E-state index is -0.363. The normalized spacial score (nSPS) is 11.5. The maximum Gasteiger partial charge on any atom is 0.279 e. The van der Waals surface area contributed by atoms with Crippen LogP contribution in [-0.2, 0) is 6.54 Å². The van der Waals surface area contributed by atoms with Gasteiger partial charge in [0.25, 0.3) is 5.91 Å². The largest absolute Gasteiger partial charge is 0.492 e. The Hall–Kier alpha value is -2.55. The lowest BCUT2D eigenvalue weighted by atomic mass is 10.2. The zero-order valence-corrected chi connectivity index (χ0v) is 15.1. The highest BCUT2D eigenvalue weighted by molar-refractivity contribution is 7.16. The van der Waals surface area contributed by atoms with Gasteiger partial charge in [-0.3, -0.25) is 4.79 Å². The van der Waals surface area contributed by atoms with Gasteiger partial charge in [0.05, 0.1) is 17.9 Å². The summed E-state index contributed by atoms with van der Waals surface area (Å²) < 4.78 is 8.48. The number of aromatic nitrogens is 1. The van der Waals surface area contributed by atoms with Crippen LogP contribution in [-0.4, -0.2) is 17.1 Å². The van der Waals surface area contributed by atoms with Gasteiger partial charge in [0.1, 0.15) is 11.3 Å². The Labute approximate surface area is 154 Å². The topological polar surface area (TPSA) is 43.6 Å². The van der Waals surface area contributed by atoms with Crippen LogP contribution < -0.4 is 9.54 Å². The lowest BCUT2D eigenvalue weighted by Crippen LogP contribution is -2.17. The summed E-state index contributed by atoms with van der Waals surface area (Å²) in [5.74, 6) is 2.98. The van der Waals surface area contributed by atoms with E-state index in [2.05, 4.69) is 10.9 Å². The van der Waals surface area contributed by atoms with E-state index in [1.165, 1.54) is 11.3 Å². The third kappa shape index (κ3) is 3.60. The Kier molecular flexibility index (Phi) is 5.22. The Bertz CT molecular complexity index is 1040. The van der Waals surface area contributed by atoms with E-state index in [1.54, 1.807) is 24.3 Å². The number of thiazole rings is 1. The molecule has 0 N–H and O–H groups in total. The van der Waals surface area contributed by atoms with E-state index in [4.69, 9.17) is 22.8 Å². The van der Waals surface area contributed by atoms with Gasteiger partial charge in [0, 0.05) is 10.6 Å². The van der Waals surface area contributed by atoms with Crippen LogP contribution in [0.2, 0.25) is 5.02 Å². The van der Waals surface area contributed by atoms with E-state index in [0.29, 0.717) is 28.5 Å². The molecule has 0 bridgehead atoms. The number of carbonyl (C=O) groups is 1. The first-order valence-corrected chi connectivity index (χ1v) is 8.86. The van der Waals surface area contributed by atoms with Crippen LogP contribution in [0.3, 0.4) is 0 Å². The lowest BCUT2D eigenvalue weighted by molar-refractivity contribution is 0.0998. The molecule has 0 aliphatic rings. The highest BCUT2D eigenvalue weighted by Gasteiger charge is 2.12. The molecule has 3 rings (SSSR count). The molecular weight excluding hydrogens is 356 g/mol. The maximum atomic E-state index is 12.5. The summed E-state index contributed by atoms with van der Waals surface area (Å²) in [6, 6.07) is 12.5. The second kappa shape index (κ2) is 7.56. The number of terminal acetylenes is 1. The summed E-state index contributed by atoms with van der Waals surface area (Å²) in [5, 5.41) is 0.493. The van der Waals surface area contributed by atoms with Crippen molar-refractivity contribution in [2.24, 2.45) is 4.99 Å². The average molecular weight is 371 g/mol. The van der Waals surface area contributed by atoms with Crippen LogP contribution in [0.5, 0.6) is 5.75 Å². The minimum absolute atomic E-state index is 0.297. The highest BCUT2D eigenvalue weighted by Crippen LogP contribution is 2.27. The Morgan fingerprint density at radius 2 is 2.16 bits per heavy atom. The fraction of sp³-hybridized carbons (Fsp3) is 0.158. The molecular formula is C19H15ClN2O2S. The van der Waals surface area contributed by atoms with Crippen LogP contribution in [0.25, 0.3) is 10.2 Å². The standard InChI is InChI=1S/C19H15ClN2O2S/c1-3-11-22-17-15(24-4-2)9-6-10-16(17)25-19(22)21-18(23)13-7-5-8-14(20)12-13/h1,5-10,12H,4,11H2,2H3. The summed E-state index contributed by atoms with van der Waals surface area (Å²) >= 11 is 7.35. The first kappa shape index (κ1) is 17.3. The summed E-state index contributed by atoms with van der Waals surface area (Å²) in [7, 11) is 0. The molecule has 25 heavy (non-hydrogen) atoms. The molecule has 1 amide bonds. The van der Waals surface area contributed by atoms with Crippen molar-refractivity contribution < 1.29 is 9.53 Å². The maximum absolute atomic E-state index is 12.5. The molecule has 0 unspecified atom stereocenters. The van der Waals surface area contributed by atoms with Gasteiger partial charge in [-0.25, -0.2) is 0 Å². The zero-order chi connectivity index (χ0) is 17.8. The lowest BCUT2D eigenvalue weighted by Gasteiger charge is -2.07. The van der Waals surface area contributed by atoms with Crippen LogP contribution in [0.4, 0.5) is 0 Å². The van der Waals surface area contributed by atoms with E-state index < -0.39 is 0 Å². The van der Waals surface area contributed by atoms with Crippen LogP contribution >= 0.6 is 22.9 Å². The molecule has 0 saturated carbocycles. The fourth-order valence-electron chi connectivity index (χ4n) is 2.47. The van der Waals surface area contributed by atoms with Gasteiger partial charge in [-0.05, 0) is 37.3 Å². The molecule has 0 aliphatic heterocycles. The van der Waals surface area contributed by atoms with E-state index in [0.717, 1.165) is 16.0 Å². The molecule has 0 radical (unpaired) electrons. The van der Waals surface area contributed by atoms with Crippen molar-refractivity contribution in [2.75, 3.05) is 6.61 Å². The van der Waals surface area contributed by atoms with E-state index in [9.17, 15) is 4.79 Å². The molecule has 0 aliphatic carbocycles. The van der Waals surface area contributed by atoms with Crippen molar-refractivity contribution in [2.45, 2.75) is 13.5 Å². The number of hydrogen-bond acceptors (Lipinski definition) is 3. The van der Waals surface area contributed by atoms with E-state index in [-0.39, 0.29) is 5.91 Å². The second-order valence-corrected chi connectivity index (χ2v) is 6.58.